The van der Waals surface area contributed by atoms with E-state index in [2.05, 4.69) is 17.1 Å². The van der Waals surface area contributed by atoms with Gasteiger partial charge in [0.2, 0.25) is 5.91 Å². The number of carbonyl (C=O) groups excluding carboxylic acids is 1. The van der Waals surface area contributed by atoms with Crippen molar-refractivity contribution in [3.05, 3.63) is 23.3 Å². The van der Waals surface area contributed by atoms with E-state index in [4.69, 9.17) is 0 Å². The number of phenols is 1. The summed E-state index contributed by atoms with van der Waals surface area (Å²) in [5.74, 6) is 0.336. The largest absolute Gasteiger partial charge is 0.508 e. The maximum Gasteiger partial charge on any atom is 0.241 e. The average Bonchev–Trinajstić information content (AvgIpc) is 2.48. The molecule has 1 amide bonds. The van der Waals surface area contributed by atoms with Gasteiger partial charge in [0.25, 0.3) is 0 Å². The zero-order valence-corrected chi connectivity index (χ0v) is 14.0. The molecule has 0 spiro atoms. The molecule has 0 radical (unpaired) electrons. The first-order chi connectivity index (χ1) is 10.5. The highest BCUT2D eigenvalue weighted by molar-refractivity contribution is 5.96. The Bertz CT molecular complexity index is 505. The summed E-state index contributed by atoms with van der Waals surface area (Å²) in [6, 6.07) is 3.37. The number of piperidine rings is 1. The smallest absolute Gasteiger partial charge is 0.241 e. The number of aryl methyl sites for hydroxylation is 2. The van der Waals surface area contributed by atoms with E-state index >= 15 is 0 Å². The van der Waals surface area contributed by atoms with Gasteiger partial charge in [-0.15, -0.1) is 0 Å². The molecule has 122 valence electrons. The summed E-state index contributed by atoms with van der Waals surface area (Å²) in [5.41, 5.74) is 2.65. The van der Waals surface area contributed by atoms with E-state index in [1.807, 2.05) is 13.8 Å². The summed E-state index contributed by atoms with van der Waals surface area (Å²) < 4.78 is 0. The molecule has 1 heterocycles. The monoisotopic (exact) mass is 304 g/mol. The van der Waals surface area contributed by atoms with Crippen molar-refractivity contribution in [3.8, 4) is 5.75 Å². The van der Waals surface area contributed by atoms with E-state index in [9.17, 15) is 9.90 Å². The number of aromatic hydroxyl groups is 1. The second kappa shape index (κ2) is 7.63. The van der Waals surface area contributed by atoms with Gasteiger partial charge in [0.05, 0.1) is 6.04 Å². The maximum atomic E-state index is 12.7. The van der Waals surface area contributed by atoms with Gasteiger partial charge >= 0.3 is 0 Å². The van der Waals surface area contributed by atoms with E-state index in [-0.39, 0.29) is 17.7 Å². The van der Waals surface area contributed by atoms with Crippen LogP contribution >= 0.6 is 0 Å². The van der Waals surface area contributed by atoms with Crippen LogP contribution in [0.15, 0.2) is 12.1 Å². The number of benzene rings is 1. The minimum absolute atomic E-state index is 0.0205. The zero-order chi connectivity index (χ0) is 16.1. The predicted octanol–water partition coefficient (Wildman–Crippen LogP) is 3.60. The Hall–Kier alpha value is -1.55. The number of hydrogen-bond acceptors (Lipinski definition) is 3. The van der Waals surface area contributed by atoms with Gasteiger partial charge < -0.3 is 10.4 Å². The molecule has 0 aliphatic carbocycles. The molecule has 4 heteroatoms. The number of likely N-dealkylation sites (tertiary alicyclic amines) is 1. The van der Waals surface area contributed by atoms with E-state index in [0.717, 1.165) is 55.6 Å². The lowest BCUT2D eigenvalue weighted by molar-refractivity contribution is -0.122. The van der Waals surface area contributed by atoms with Gasteiger partial charge in [-0.3, -0.25) is 9.69 Å². The first-order valence-electron chi connectivity index (χ1n) is 8.38. The predicted molar refractivity (Wildman–Crippen MR) is 90.3 cm³/mol. The van der Waals surface area contributed by atoms with Crippen molar-refractivity contribution >= 4 is 11.6 Å². The standard InChI is InChI=1S/C18H28N2O2/c1-4-5-9-20-10-7-6-8-16(20)18(22)19-17-13(2)11-15(21)12-14(17)3/h11-12,16,21H,4-10H2,1-3H3,(H,19,22). The summed E-state index contributed by atoms with van der Waals surface area (Å²) in [6.45, 7) is 8.03. The molecular weight excluding hydrogens is 276 g/mol. The first kappa shape index (κ1) is 16.8. The lowest BCUT2D eigenvalue weighted by Crippen LogP contribution is -2.47. The van der Waals surface area contributed by atoms with E-state index in [0.29, 0.717) is 0 Å². The Balaban J connectivity index is 2.10. The molecule has 2 N–H and O–H groups in total. The van der Waals surface area contributed by atoms with Gasteiger partial charge in [0.1, 0.15) is 5.75 Å². The summed E-state index contributed by atoms with van der Waals surface area (Å²) in [7, 11) is 0. The molecule has 0 bridgehead atoms. The highest BCUT2D eigenvalue weighted by Gasteiger charge is 2.28. The van der Waals surface area contributed by atoms with Crippen LogP contribution in [-0.4, -0.2) is 35.0 Å². The van der Waals surface area contributed by atoms with Crippen molar-refractivity contribution in [2.75, 3.05) is 18.4 Å². The Kier molecular flexibility index (Phi) is 5.83. The normalized spacial score (nSPS) is 19.1. The van der Waals surface area contributed by atoms with Gasteiger partial charge in [-0.1, -0.05) is 19.8 Å². The third kappa shape index (κ3) is 4.01. The number of carbonyl (C=O) groups is 1. The fourth-order valence-corrected chi connectivity index (χ4v) is 3.26. The summed E-state index contributed by atoms with van der Waals surface area (Å²) in [5, 5.41) is 12.7. The molecule has 22 heavy (non-hydrogen) atoms. The number of anilines is 1. The summed E-state index contributed by atoms with van der Waals surface area (Å²) in [4.78, 5) is 15.0. The van der Waals surface area contributed by atoms with Crippen LogP contribution in [0.3, 0.4) is 0 Å². The molecule has 1 fully saturated rings. The fraction of sp³-hybridized carbons (Fsp3) is 0.611. The van der Waals surface area contributed by atoms with Crippen molar-refractivity contribution < 1.29 is 9.90 Å². The Morgan fingerprint density at radius 2 is 2.00 bits per heavy atom. The van der Waals surface area contributed by atoms with Crippen LogP contribution in [0.4, 0.5) is 5.69 Å². The number of nitrogens with one attached hydrogen (secondary N) is 1. The Morgan fingerprint density at radius 1 is 1.32 bits per heavy atom. The minimum Gasteiger partial charge on any atom is -0.508 e. The highest BCUT2D eigenvalue weighted by Crippen LogP contribution is 2.27. The van der Waals surface area contributed by atoms with Crippen LogP contribution in [0.25, 0.3) is 0 Å². The van der Waals surface area contributed by atoms with Gasteiger partial charge in [-0.2, -0.15) is 0 Å². The number of unbranched alkanes of at least 4 members (excludes halogenated alkanes) is 1. The summed E-state index contributed by atoms with van der Waals surface area (Å²) >= 11 is 0. The molecule has 1 unspecified atom stereocenters. The van der Waals surface area contributed by atoms with Gasteiger partial charge in [0.15, 0.2) is 0 Å². The van der Waals surface area contributed by atoms with Crippen molar-refractivity contribution in [1.29, 1.82) is 0 Å². The lowest BCUT2D eigenvalue weighted by Gasteiger charge is -2.34. The number of rotatable bonds is 5. The van der Waals surface area contributed by atoms with Gasteiger partial charge in [-0.05, 0) is 69.5 Å². The molecular formula is C18H28N2O2. The molecule has 4 nitrogen and oxygen atoms in total. The lowest BCUT2D eigenvalue weighted by atomic mass is 10.00. The van der Waals surface area contributed by atoms with Crippen molar-refractivity contribution in [2.24, 2.45) is 0 Å². The second-order valence-electron chi connectivity index (χ2n) is 6.34. The molecule has 0 saturated carbocycles. The quantitative estimate of drug-likeness (QED) is 0.817. The molecule has 0 aromatic heterocycles. The number of hydrogen-bond donors (Lipinski definition) is 2. The van der Waals surface area contributed by atoms with Crippen LogP contribution in [-0.2, 0) is 4.79 Å². The van der Waals surface area contributed by atoms with Crippen LogP contribution in [0.2, 0.25) is 0 Å². The third-order valence-corrected chi connectivity index (χ3v) is 4.48. The average molecular weight is 304 g/mol. The van der Waals surface area contributed by atoms with Crippen LogP contribution in [0.1, 0.15) is 50.2 Å². The molecule has 1 aromatic carbocycles. The minimum atomic E-state index is -0.0205. The van der Waals surface area contributed by atoms with Crippen LogP contribution in [0.5, 0.6) is 5.75 Å². The number of amides is 1. The number of nitrogens with zero attached hydrogens (tertiary/aromatic N) is 1. The first-order valence-corrected chi connectivity index (χ1v) is 8.38. The second-order valence-corrected chi connectivity index (χ2v) is 6.34. The Labute approximate surface area is 133 Å². The summed E-state index contributed by atoms with van der Waals surface area (Å²) in [6.07, 6.45) is 5.53. The molecule has 1 aromatic rings. The molecule has 2 rings (SSSR count). The van der Waals surface area contributed by atoms with E-state index in [1.165, 1.54) is 6.42 Å². The maximum absolute atomic E-state index is 12.7. The van der Waals surface area contributed by atoms with Crippen molar-refractivity contribution in [3.63, 3.8) is 0 Å². The van der Waals surface area contributed by atoms with E-state index < -0.39 is 0 Å². The molecule has 1 aliphatic rings. The van der Waals surface area contributed by atoms with Gasteiger partial charge in [0, 0.05) is 5.69 Å². The third-order valence-electron chi connectivity index (χ3n) is 4.48. The SMILES string of the molecule is CCCCN1CCCCC1C(=O)Nc1c(C)cc(O)cc1C. The van der Waals surface area contributed by atoms with Crippen LogP contribution in [0, 0.1) is 13.8 Å². The Morgan fingerprint density at radius 3 is 2.64 bits per heavy atom. The molecule has 1 aliphatic heterocycles. The zero-order valence-electron chi connectivity index (χ0n) is 14.0. The van der Waals surface area contributed by atoms with Crippen molar-refractivity contribution in [2.45, 2.75) is 58.9 Å². The van der Waals surface area contributed by atoms with Crippen LogP contribution < -0.4 is 5.32 Å². The van der Waals surface area contributed by atoms with E-state index in [1.54, 1.807) is 12.1 Å². The highest BCUT2D eigenvalue weighted by atomic mass is 16.3. The molecule has 1 saturated heterocycles. The van der Waals surface area contributed by atoms with Gasteiger partial charge in [-0.25, -0.2) is 0 Å². The fourth-order valence-electron chi connectivity index (χ4n) is 3.26. The molecule has 1 atom stereocenters. The topological polar surface area (TPSA) is 52.6 Å². The number of phenolic OH excluding ortho intramolecular Hbond substituents is 1. The van der Waals surface area contributed by atoms with Crippen molar-refractivity contribution in [1.82, 2.24) is 4.90 Å².